The minimum atomic E-state index is -0.903. The van der Waals surface area contributed by atoms with E-state index in [4.69, 9.17) is 16.3 Å². The molecule has 0 bridgehead atoms. The van der Waals surface area contributed by atoms with Gasteiger partial charge in [-0.1, -0.05) is 23.7 Å². The highest BCUT2D eigenvalue weighted by Gasteiger charge is 2.52. The van der Waals surface area contributed by atoms with Gasteiger partial charge < -0.3 is 15.0 Å². The average Bonchev–Trinajstić information content (AvgIpc) is 3.71. The molecular formula is C27H29ClFN5O4. The Morgan fingerprint density at radius 1 is 1.08 bits per heavy atom. The molecule has 11 heteroatoms. The van der Waals surface area contributed by atoms with E-state index in [2.05, 4.69) is 10.3 Å². The van der Waals surface area contributed by atoms with Gasteiger partial charge in [0, 0.05) is 30.3 Å². The van der Waals surface area contributed by atoms with Crippen molar-refractivity contribution in [1.29, 1.82) is 0 Å². The molecule has 200 valence electrons. The fraction of sp³-hybridized carbons (Fsp3) is 0.407. The van der Waals surface area contributed by atoms with Crippen LogP contribution in [0.25, 0.3) is 0 Å². The lowest BCUT2D eigenvalue weighted by atomic mass is 10.1. The van der Waals surface area contributed by atoms with Gasteiger partial charge in [0.25, 0.3) is 0 Å². The van der Waals surface area contributed by atoms with Gasteiger partial charge in [-0.25, -0.2) is 18.5 Å². The van der Waals surface area contributed by atoms with E-state index >= 15 is 4.39 Å². The molecule has 1 aliphatic heterocycles. The fourth-order valence-corrected chi connectivity index (χ4v) is 5.00. The van der Waals surface area contributed by atoms with Crippen LogP contribution in [-0.2, 0) is 22.6 Å². The Hall–Kier alpha value is -3.66. The van der Waals surface area contributed by atoms with Gasteiger partial charge in [0.15, 0.2) is 0 Å². The number of carbonyl (C=O) groups excluding carboxylic acids is 1. The molecule has 0 amide bonds. The number of nitrogens with one attached hydrogen (secondary N) is 1. The molecule has 1 N–H and O–H groups in total. The fourth-order valence-electron chi connectivity index (χ4n) is 4.88. The summed E-state index contributed by atoms with van der Waals surface area (Å²) in [6, 6.07) is 11.7. The molecule has 2 fully saturated rings. The van der Waals surface area contributed by atoms with Crippen LogP contribution in [0.3, 0.4) is 0 Å². The summed E-state index contributed by atoms with van der Waals surface area (Å²) in [6.07, 6.45) is 4.22. The third-order valence-electron chi connectivity index (χ3n) is 7.24. The summed E-state index contributed by atoms with van der Waals surface area (Å²) in [5, 5.41) is 3.50. The Labute approximate surface area is 223 Å². The summed E-state index contributed by atoms with van der Waals surface area (Å²) in [5.74, 6) is -0.885. The van der Waals surface area contributed by atoms with Crippen molar-refractivity contribution < 1.29 is 13.9 Å². The Kier molecular flexibility index (Phi) is 7.25. The first-order chi connectivity index (χ1) is 18.3. The Bertz CT molecular complexity index is 1460. The summed E-state index contributed by atoms with van der Waals surface area (Å²) < 4.78 is 22.2. The standard InChI is InChI=1S/C27H29ClFN5O4/c1-38-23(35)27(11-12-27)17-34-25(36)31-24(33(26(34)37)16-18-5-7-19(28)8-6-18)30-20-9-10-22(21(29)15-20)32-13-3-2-4-14-32/h5-10,15H,2-4,11-14,16-17H2,1H3,(H,30,31,36). The maximum absolute atomic E-state index is 15.1. The molecule has 3 aromatic rings. The maximum Gasteiger partial charge on any atom is 0.354 e. The first-order valence-corrected chi connectivity index (χ1v) is 13.0. The third-order valence-corrected chi connectivity index (χ3v) is 7.49. The largest absolute Gasteiger partial charge is 0.469 e. The van der Waals surface area contributed by atoms with E-state index in [1.165, 1.54) is 17.7 Å². The van der Waals surface area contributed by atoms with Crippen LogP contribution < -0.4 is 21.6 Å². The van der Waals surface area contributed by atoms with E-state index in [1.54, 1.807) is 36.4 Å². The van der Waals surface area contributed by atoms with E-state index in [-0.39, 0.29) is 19.0 Å². The lowest BCUT2D eigenvalue weighted by Crippen LogP contribution is -2.45. The predicted octanol–water partition coefficient (Wildman–Crippen LogP) is 3.93. The van der Waals surface area contributed by atoms with Crippen LogP contribution in [0.5, 0.6) is 0 Å². The molecule has 1 saturated carbocycles. The van der Waals surface area contributed by atoms with Gasteiger partial charge in [0.05, 0.1) is 24.8 Å². The van der Waals surface area contributed by atoms with Gasteiger partial charge in [-0.2, -0.15) is 4.98 Å². The SMILES string of the molecule is COC(=O)C1(Cn2c(=O)nc(Nc3ccc(N4CCCCC4)c(F)c3)n(Cc3ccc(Cl)cc3)c2=O)CC1. The predicted molar refractivity (Wildman–Crippen MR) is 143 cm³/mol. The number of hydrogen-bond acceptors (Lipinski definition) is 7. The van der Waals surface area contributed by atoms with Gasteiger partial charge in [-0.3, -0.25) is 9.36 Å². The number of carbonyl (C=O) groups is 1. The summed E-state index contributed by atoms with van der Waals surface area (Å²) in [5.41, 5.74) is -0.722. The highest BCUT2D eigenvalue weighted by atomic mass is 35.5. The van der Waals surface area contributed by atoms with Crippen LogP contribution in [0.2, 0.25) is 5.02 Å². The van der Waals surface area contributed by atoms with Gasteiger partial charge >= 0.3 is 17.3 Å². The van der Waals surface area contributed by atoms with Crippen LogP contribution in [0.4, 0.5) is 21.7 Å². The molecule has 1 aromatic heterocycles. The van der Waals surface area contributed by atoms with Crippen molar-refractivity contribution in [3.8, 4) is 0 Å². The molecule has 2 aromatic carbocycles. The first-order valence-electron chi connectivity index (χ1n) is 12.7. The van der Waals surface area contributed by atoms with Crippen LogP contribution in [0.1, 0.15) is 37.7 Å². The zero-order valence-electron chi connectivity index (χ0n) is 21.1. The molecule has 0 atom stereocenters. The highest BCUT2D eigenvalue weighted by molar-refractivity contribution is 6.30. The van der Waals surface area contributed by atoms with E-state index in [0.717, 1.165) is 42.5 Å². The molecular weight excluding hydrogens is 513 g/mol. The molecule has 9 nitrogen and oxygen atoms in total. The monoisotopic (exact) mass is 541 g/mol. The van der Waals surface area contributed by atoms with Gasteiger partial charge in [-0.15, -0.1) is 0 Å². The van der Waals surface area contributed by atoms with Crippen molar-refractivity contribution >= 4 is 34.9 Å². The molecule has 0 spiro atoms. The number of methoxy groups -OCH3 is 1. The van der Waals surface area contributed by atoms with Crippen LogP contribution in [0, 0.1) is 11.2 Å². The summed E-state index contributed by atoms with van der Waals surface area (Å²) in [4.78, 5) is 45.0. The number of halogens is 2. The summed E-state index contributed by atoms with van der Waals surface area (Å²) in [6.45, 7) is 1.56. The van der Waals surface area contributed by atoms with Crippen molar-refractivity contribution in [2.24, 2.45) is 5.41 Å². The lowest BCUT2D eigenvalue weighted by molar-refractivity contribution is -0.147. The number of anilines is 3. The van der Waals surface area contributed by atoms with Crippen LogP contribution >= 0.6 is 11.6 Å². The van der Waals surface area contributed by atoms with E-state index in [1.807, 2.05) is 4.90 Å². The third kappa shape index (κ3) is 5.31. The number of benzene rings is 2. The molecule has 0 unspecified atom stereocenters. The summed E-state index contributed by atoms with van der Waals surface area (Å²) in [7, 11) is 1.28. The van der Waals surface area contributed by atoms with Crippen molar-refractivity contribution in [2.45, 2.75) is 45.2 Å². The van der Waals surface area contributed by atoms with Gasteiger partial charge in [0.1, 0.15) is 5.82 Å². The molecule has 0 radical (unpaired) electrons. The number of ether oxygens (including phenoxy) is 1. The Morgan fingerprint density at radius 3 is 2.42 bits per heavy atom. The highest BCUT2D eigenvalue weighted by Crippen LogP contribution is 2.47. The topological polar surface area (TPSA) is 98.5 Å². The Balaban J connectivity index is 1.50. The maximum atomic E-state index is 15.1. The minimum Gasteiger partial charge on any atom is -0.469 e. The number of rotatable bonds is 8. The second kappa shape index (κ2) is 10.6. The molecule has 1 aliphatic carbocycles. The molecule has 5 rings (SSSR count). The van der Waals surface area contributed by atoms with E-state index < -0.39 is 28.6 Å². The van der Waals surface area contributed by atoms with Gasteiger partial charge in [0.2, 0.25) is 5.95 Å². The molecule has 2 aliphatic rings. The minimum absolute atomic E-state index is 0.0285. The molecule has 2 heterocycles. The smallest absolute Gasteiger partial charge is 0.354 e. The number of nitrogens with zero attached hydrogens (tertiary/aromatic N) is 4. The Morgan fingerprint density at radius 2 is 1.79 bits per heavy atom. The van der Waals surface area contributed by atoms with Crippen LogP contribution in [0.15, 0.2) is 52.1 Å². The van der Waals surface area contributed by atoms with E-state index in [9.17, 15) is 14.4 Å². The van der Waals surface area contributed by atoms with Crippen molar-refractivity contribution in [3.05, 3.63) is 79.8 Å². The van der Waals surface area contributed by atoms with Crippen molar-refractivity contribution in [1.82, 2.24) is 14.1 Å². The first kappa shape index (κ1) is 26.0. The van der Waals surface area contributed by atoms with Crippen molar-refractivity contribution in [3.63, 3.8) is 0 Å². The number of aromatic nitrogens is 3. The number of hydrogen-bond donors (Lipinski definition) is 1. The number of piperidine rings is 1. The average molecular weight is 542 g/mol. The normalized spacial score (nSPS) is 16.2. The van der Waals surface area contributed by atoms with E-state index in [0.29, 0.717) is 29.2 Å². The second-order valence-corrected chi connectivity index (χ2v) is 10.3. The van der Waals surface area contributed by atoms with Crippen molar-refractivity contribution in [2.75, 3.05) is 30.4 Å². The zero-order chi connectivity index (χ0) is 26.9. The second-order valence-electron chi connectivity index (χ2n) is 9.91. The van der Waals surface area contributed by atoms with Crippen LogP contribution in [-0.4, -0.2) is 40.3 Å². The zero-order valence-corrected chi connectivity index (χ0v) is 21.8. The quantitative estimate of drug-likeness (QED) is 0.431. The summed E-state index contributed by atoms with van der Waals surface area (Å²) >= 11 is 6.02. The molecule has 1 saturated heterocycles. The van der Waals surface area contributed by atoms with Gasteiger partial charge in [-0.05, 0) is 68.0 Å². The lowest BCUT2D eigenvalue weighted by Gasteiger charge is -2.29. The molecule has 38 heavy (non-hydrogen) atoms. The number of esters is 1.